The fraction of sp³-hybridized carbons (Fsp3) is 0.0526. The van der Waals surface area contributed by atoms with Crippen LogP contribution in [0.1, 0.15) is 68.1 Å². The van der Waals surface area contributed by atoms with Crippen LogP contribution >= 0.6 is 0 Å². The molecule has 0 N–H and O–H groups in total. The standard InChI is InChI=1S/C95H60N6O2/c1-93(57-58-40-42-62(43-41-58)89-96-87(60-22-4-2-5-23-60)97-90(98-89)63-46-44-59(45-47-63)64-49-52-85-81(54-64)94(78-36-18-20-38-83(78)102-85)74-32-14-9-27-68(74)69-28-10-15-33-75(69)94)73-31-13-8-26-67(73)72-51-48-65(55-80(72)93)91-99-88(61-24-6-3-7-25-61)100-92(101-91)66-50-53-86-82(56-66)95(79-37-19-21-39-84(79)103-86)76-34-16-11-29-70(76)71-30-12-17-35-77(71)95/h2-56H,57H2,1H3. The smallest absolute Gasteiger partial charge is 0.164 e. The average Bonchev–Trinajstić information content (AvgIpc) is 1.57. The van der Waals surface area contributed by atoms with Crippen molar-refractivity contribution in [2.45, 2.75) is 29.6 Å². The number of hydrogen-bond acceptors (Lipinski definition) is 8. The van der Waals surface area contributed by atoms with Gasteiger partial charge in [0.25, 0.3) is 0 Å². The first kappa shape index (κ1) is 58.6. The molecule has 482 valence electrons. The monoisotopic (exact) mass is 1320 g/mol. The van der Waals surface area contributed by atoms with Gasteiger partial charge in [-0.25, -0.2) is 29.9 Å². The number of benzene rings is 14. The summed E-state index contributed by atoms with van der Waals surface area (Å²) in [5.74, 6) is 6.94. The Hall–Kier alpha value is -13.3. The van der Waals surface area contributed by atoms with Gasteiger partial charge in [-0.15, -0.1) is 0 Å². The van der Waals surface area contributed by atoms with E-state index < -0.39 is 16.2 Å². The van der Waals surface area contributed by atoms with E-state index in [9.17, 15) is 0 Å². The normalized spacial score (nSPS) is 15.0. The van der Waals surface area contributed by atoms with Gasteiger partial charge in [-0.2, -0.15) is 0 Å². The van der Waals surface area contributed by atoms with Crippen LogP contribution in [0.5, 0.6) is 23.0 Å². The number of aromatic nitrogens is 6. The van der Waals surface area contributed by atoms with Crippen molar-refractivity contribution in [3.8, 4) is 136 Å². The lowest BCUT2D eigenvalue weighted by molar-refractivity contribution is 0.436. The van der Waals surface area contributed by atoms with E-state index in [0.717, 1.165) is 96.2 Å². The van der Waals surface area contributed by atoms with E-state index in [1.165, 1.54) is 72.3 Å². The van der Waals surface area contributed by atoms with E-state index in [4.69, 9.17) is 39.4 Å². The average molecular weight is 1320 g/mol. The number of rotatable bonds is 9. The highest BCUT2D eigenvalue weighted by Gasteiger charge is 2.53. The molecule has 3 aliphatic carbocycles. The number of hydrogen-bond donors (Lipinski definition) is 0. The van der Waals surface area contributed by atoms with Gasteiger partial charge in [-0.1, -0.05) is 292 Å². The van der Waals surface area contributed by atoms with E-state index in [-0.39, 0.29) is 0 Å². The Balaban J connectivity index is 0.622. The minimum atomic E-state index is -0.650. The van der Waals surface area contributed by atoms with Crippen molar-refractivity contribution in [1.82, 2.24) is 29.9 Å². The molecule has 5 aliphatic rings. The maximum atomic E-state index is 6.86. The second kappa shape index (κ2) is 22.6. The second-order valence-corrected chi connectivity index (χ2v) is 27.7. The Morgan fingerprint density at radius 3 is 0.942 bits per heavy atom. The molecule has 1 atom stereocenters. The summed E-state index contributed by atoms with van der Waals surface area (Å²) >= 11 is 0. The minimum absolute atomic E-state index is 0.432. The first-order chi connectivity index (χ1) is 50.9. The van der Waals surface area contributed by atoms with Gasteiger partial charge in [0.1, 0.15) is 23.0 Å². The van der Waals surface area contributed by atoms with E-state index in [1.54, 1.807) is 0 Å². The lowest BCUT2D eigenvalue weighted by atomic mass is 9.66. The Bertz CT molecular complexity index is 6100. The molecule has 8 nitrogen and oxygen atoms in total. The van der Waals surface area contributed by atoms with Gasteiger partial charge in [0, 0.05) is 61.0 Å². The maximum absolute atomic E-state index is 6.86. The van der Waals surface area contributed by atoms with Gasteiger partial charge in [0.05, 0.1) is 10.8 Å². The molecule has 21 rings (SSSR count). The number of ether oxygens (including phenoxy) is 2. The molecule has 0 bridgehead atoms. The maximum Gasteiger partial charge on any atom is 0.164 e. The second-order valence-electron chi connectivity index (χ2n) is 27.7. The van der Waals surface area contributed by atoms with E-state index >= 15 is 0 Å². The zero-order valence-corrected chi connectivity index (χ0v) is 56.0. The fourth-order valence-electron chi connectivity index (χ4n) is 17.6. The number of nitrogens with zero attached hydrogens (tertiary/aromatic N) is 6. The van der Waals surface area contributed by atoms with Crippen LogP contribution in [0.4, 0.5) is 0 Å². The third kappa shape index (κ3) is 8.77. The van der Waals surface area contributed by atoms with Crippen LogP contribution in [-0.2, 0) is 22.7 Å². The van der Waals surface area contributed by atoms with Crippen LogP contribution in [-0.4, -0.2) is 29.9 Å². The van der Waals surface area contributed by atoms with Crippen LogP contribution < -0.4 is 9.47 Å². The van der Waals surface area contributed by atoms with Gasteiger partial charge in [0.2, 0.25) is 0 Å². The third-order valence-corrected chi connectivity index (χ3v) is 22.2. The topological polar surface area (TPSA) is 95.8 Å². The summed E-state index contributed by atoms with van der Waals surface area (Å²) in [7, 11) is 0. The Labute approximate surface area is 596 Å². The molecular formula is C95H60N6O2. The largest absolute Gasteiger partial charge is 0.457 e. The summed E-state index contributed by atoms with van der Waals surface area (Å²) in [6, 6.07) is 119. The number of para-hydroxylation sites is 2. The van der Waals surface area contributed by atoms with Crippen LogP contribution in [0.25, 0.3) is 113 Å². The Kier molecular flexibility index (Phi) is 12.9. The molecule has 2 aliphatic heterocycles. The first-order valence-corrected chi connectivity index (χ1v) is 35.2. The molecule has 1 unspecified atom stereocenters. The summed E-state index contributed by atoms with van der Waals surface area (Å²) in [5, 5.41) is 0. The highest BCUT2D eigenvalue weighted by Crippen LogP contribution is 2.64. The molecule has 16 aromatic rings. The summed E-state index contributed by atoms with van der Waals surface area (Å²) in [4.78, 5) is 31.8. The van der Waals surface area contributed by atoms with Crippen LogP contribution in [0.3, 0.4) is 0 Å². The summed E-state index contributed by atoms with van der Waals surface area (Å²) in [5.41, 5.74) is 26.3. The minimum Gasteiger partial charge on any atom is -0.457 e. The molecule has 0 fully saturated rings. The fourth-order valence-corrected chi connectivity index (χ4v) is 17.6. The van der Waals surface area contributed by atoms with E-state index in [1.807, 2.05) is 36.4 Å². The quantitative estimate of drug-likeness (QED) is 0.141. The van der Waals surface area contributed by atoms with Crippen molar-refractivity contribution in [1.29, 1.82) is 0 Å². The highest BCUT2D eigenvalue weighted by molar-refractivity contribution is 5.92. The molecule has 0 saturated carbocycles. The van der Waals surface area contributed by atoms with Crippen LogP contribution in [0.15, 0.2) is 334 Å². The molecule has 0 amide bonds. The number of fused-ring (bicyclic) bond motifs is 21. The Morgan fingerprint density at radius 2 is 0.495 bits per heavy atom. The summed E-state index contributed by atoms with van der Waals surface area (Å²) < 4.78 is 13.6. The van der Waals surface area contributed by atoms with E-state index in [0.29, 0.717) is 34.9 Å². The molecule has 2 aromatic heterocycles. The molecule has 4 heterocycles. The van der Waals surface area contributed by atoms with Gasteiger partial charge >= 0.3 is 0 Å². The predicted molar refractivity (Wildman–Crippen MR) is 408 cm³/mol. The SMILES string of the molecule is CC1(Cc2ccc(-c3nc(-c4ccccc4)nc(-c4ccc(-c5ccc6c(c5)C5(c7ccccc7O6)c6ccccc6-c6ccccc65)cc4)n3)cc2)c2ccccc2-c2ccc(-c3nc(-c4ccccc4)nc(-c4ccc5c(c4)C4(c6ccccc6O5)c5ccccc5-c5ccccc54)n3)cc21. The summed E-state index contributed by atoms with van der Waals surface area (Å²) in [6.07, 6.45) is 0.725. The van der Waals surface area contributed by atoms with Gasteiger partial charge in [-0.05, 0) is 138 Å². The zero-order valence-electron chi connectivity index (χ0n) is 56.0. The lowest BCUT2D eigenvalue weighted by Crippen LogP contribution is -2.32. The molecule has 0 radical (unpaired) electrons. The van der Waals surface area contributed by atoms with Crippen molar-refractivity contribution in [2.24, 2.45) is 0 Å². The zero-order chi connectivity index (χ0) is 68.0. The van der Waals surface area contributed by atoms with Crippen LogP contribution in [0, 0.1) is 0 Å². The van der Waals surface area contributed by atoms with Crippen LogP contribution in [0.2, 0.25) is 0 Å². The van der Waals surface area contributed by atoms with Gasteiger partial charge in [0.15, 0.2) is 34.9 Å². The highest BCUT2D eigenvalue weighted by atomic mass is 16.5. The molecule has 2 spiro atoms. The Morgan fingerprint density at radius 1 is 0.214 bits per heavy atom. The van der Waals surface area contributed by atoms with Gasteiger partial charge < -0.3 is 9.47 Å². The summed E-state index contributed by atoms with van der Waals surface area (Å²) in [6.45, 7) is 2.38. The predicted octanol–water partition coefficient (Wildman–Crippen LogP) is 22.2. The lowest BCUT2D eigenvalue weighted by Gasteiger charge is -2.39. The van der Waals surface area contributed by atoms with Crippen molar-refractivity contribution in [2.75, 3.05) is 0 Å². The van der Waals surface area contributed by atoms with Crippen molar-refractivity contribution in [3.05, 3.63) is 395 Å². The molecule has 103 heavy (non-hydrogen) atoms. The van der Waals surface area contributed by atoms with Crippen molar-refractivity contribution in [3.63, 3.8) is 0 Å². The molecular weight excluding hydrogens is 1260 g/mol. The molecule has 8 heteroatoms. The van der Waals surface area contributed by atoms with Gasteiger partial charge in [-0.3, -0.25) is 0 Å². The van der Waals surface area contributed by atoms with Crippen molar-refractivity contribution < 1.29 is 9.47 Å². The molecule has 14 aromatic carbocycles. The van der Waals surface area contributed by atoms with Crippen molar-refractivity contribution >= 4 is 0 Å². The van der Waals surface area contributed by atoms with E-state index in [2.05, 4.69) is 304 Å². The first-order valence-electron chi connectivity index (χ1n) is 35.2. The third-order valence-electron chi connectivity index (χ3n) is 22.2. The molecule has 0 saturated heterocycles.